The van der Waals surface area contributed by atoms with E-state index in [0.717, 1.165) is 18.5 Å². The number of aliphatic hydroxyl groups is 1. The Morgan fingerprint density at radius 2 is 2.20 bits per heavy atom. The van der Waals surface area contributed by atoms with Crippen LogP contribution in [-0.4, -0.2) is 14.9 Å². The van der Waals surface area contributed by atoms with Gasteiger partial charge in [-0.05, 0) is 18.4 Å². The van der Waals surface area contributed by atoms with Gasteiger partial charge in [-0.2, -0.15) is 5.10 Å². The third kappa shape index (κ3) is 3.34. The Labute approximate surface area is 92.1 Å². The molecule has 0 saturated heterocycles. The van der Waals surface area contributed by atoms with E-state index in [4.69, 9.17) is 0 Å². The Morgan fingerprint density at radius 1 is 1.47 bits per heavy atom. The second-order valence-corrected chi connectivity index (χ2v) is 4.17. The van der Waals surface area contributed by atoms with Crippen LogP contribution in [0, 0.1) is 5.92 Å². The van der Waals surface area contributed by atoms with Gasteiger partial charge in [0.25, 0.3) is 0 Å². The lowest BCUT2D eigenvalue weighted by atomic mass is 9.92. The van der Waals surface area contributed by atoms with Crippen molar-refractivity contribution in [2.45, 2.75) is 45.6 Å². The topological polar surface area (TPSA) is 38.0 Å². The number of aromatic nitrogens is 2. The van der Waals surface area contributed by atoms with E-state index in [1.165, 1.54) is 12.8 Å². The molecule has 1 aromatic heterocycles. The standard InChI is InChI=1S/C12H22N2O/c1-4-6-7-10(5-2)12(15)11-8-9-14(3)13-11/h8-10,12,15H,4-7H2,1-3H3. The van der Waals surface area contributed by atoms with E-state index < -0.39 is 6.10 Å². The van der Waals surface area contributed by atoms with Crippen LogP contribution in [0.3, 0.4) is 0 Å². The molecule has 0 aliphatic carbocycles. The van der Waals surface area contributed by atoms with Gasteiger partial charge >= 0.3 is 0 Å². The van der Waals surface area contributed by atoms with Crippen LogP contribution in [0.15, 0.2) is 12.3 Å². The first-order chi connectivity index (χ1) is 7.19. The van der Waals surface area contributed by atoms with Crippen LogP contribution in [0.1, 0.15) is 51.3 Å². The summed E-state index contributed by atoms with van der Waals surface area (Å²) < 4.78 is 1.74. The van der Waals surface area contributed by atoms with E-state index in [1.54, 1.807) is 4.68 Å². The SMILES string of the molecule is CCCCC(CC)C(O)c1ccn(C)n1. The van der Waals surface area contributed by atoms with E-state index in [-0.39, 0.29) is 0 Å². The van der Waals surface area contributed by atoms with Gasteiger partial charge in [-0.15, -0.1) is 0 Å². The zero-order valence-electron chi connectivity index (χ0n) is 9.98. The number of hydrogen-bond donors (Lipinski definition) is 1. The maximum Gasteiger partial charge on any atom is 0.101 e. The normalized spacial score (nSPS) is 15.2. The molecule has 0 spiro atoms. The van der Waals surface area contributed by atoms with E-state index in [0.29, 0.717) is 5.92 Å². The third-order valence-corrected chi connectivity index (χ3v) is 2.94. The van der Waals surface area contributed by atoms with Crippen molar-refractivity contribution in [2.75, 3.05) is 0 Å². The molecule has 0 bridgehead atoms. The molecule has 0 radical (unpaired) electrons. The van der Waals surface area contributed by atoms with Gasteiger partial charge in [0.05, 0.1) is 5.69 Å². The molecular formula is C12H22N2O. The van der Waals surface area contributed by atoms with Gasteiger partial charge in [0, 0.05) is 13.2 Å². The van der Waals surface area contributed by atoms with Gasteiger partial charge in [-0.25, -0.2) is 0 Å². The average Bonchev–Trinajstić information content (AvgIpc) is 2.65. The summed E-state index contributed by atoms with van der Waals surface area (Å²) in [5.41, 5.74) is 0.806. The summed E-state index contributed by atoms with van der Waals surface area (Å²) in [6.07, 6.45) is 5.95. The summed E-state index contributed by atoms with van der Waals surface area (Å²) in [6, 6.07) is 1.90. The van der Waals surface area contributed by atoms with Crippen molar-refractivity contribution in [2.24, 2.45) is 13.0 Å². The number of unbranched alkanes of at least 4 members (excludes halogenated alkanes) is 1. The molecule has 0 saturated carbocycles. The van der Waals surface area contributed by atoms with Crippen LogP contribution in [0.2, 0.25) is 0 Å². The second-order valence-electron chi connectivity index (χ2n) is 4.17. The second kappa shape index (κ2) is 5.91. The summed E-state index contributed by atoms with van der Waals surface area (Å²) >= 11 is 0. The van der Waals surface area contributed by atoms with Crippen molar-refractivity contribution < 1.29 is 5.11 Å². The number of aliphatic hydroxyl groups excluding tert-OH is 1. The average molecular weight is 210 g/mol. The molecule has 3 heteroatoms. The Bertz CT molecular complexity index is 283. The highest BCUT2D eigenvalue weighted by atomic mass is 16.3. The predicted molar refractivity (Wildman–Crippen MR) is 61.5 cm³/mol. The molecule has 15 heavy (non-hydrogen) atoms. The highest BCUT2D eigenvalue weighted by Gasteiger charge is 2.20. The van der Waals surface area contributed by atoms with Crippen molar-refractivity contribution in [3.05, 3.63) is 18.0 Å². The Balaban J connectivity index is 2.59. The number of rotatable bonds is 6. The van der Waals surface area contributed by atoms with E-state index >= 15 is 0 Å². The molecule has 0 amide bonds. The predicted octanol–water partition coefficient (Wildman–Crippen LogP) is 2.67. The maximum atomic E-state index is 10.1. The highest BCUT2D eigenvalue weighted by Crippen LogP contribution is 2.27. The van der Waals surface area contributed by atoms with E-state index in [2.05, 4.69) is 18.9 Å². The molecular weight excluding hydrogens is 188 g/mol. The molecule has 0 aliphatic rings. The molecule has 1 N–H and O–H groups in total. The van der Waals surface area contributed by atoms with E-state index in [1.807, 2.05) is 19.3 Å². The highest BCUT2D eigenvalue weighted by molar-refractivity contribution is 5.04. The van der Waals surface area contributed by atoms with Gasteiger partial charge in [-0.1, -0.05) is 33.1 Å². The largest absolute Gasteiger partial charge is 0.386 e. The van der Waals surface area contributed by atoms with Crippen molar-refractivity contribution in [1.29, 1.82) is 0 Å². The molecule has 2 unspecified atom stereocenters. The lowest BCUT2D eigenvalue weighted by molar-refractivity contribution is 0.0943. The minimum absolute atomic E-state index is 0.347. The fraction of sp³-hybridized carbons (Fsp3) is 0.750. The zero-order chi connectivity index (χ0) is 11.3. The van der Waals surface area contributed by atoms with Gasteiger partial charge in [0.1, 0.15) is 6.10 Å². The number of aryl methyl sites for hydroxylation is 1. The van der Waals surface area contributed by atoms with Crippen LogP contribution in [0.25, 0.3) is 0 Å². The van der Waals surface area contributed by atoms with Crippen LogP contribution in [0.5, 0.6) is 0 Å². The molecule has 1 heterocycles. The lowest BCUT2D eigenvalue weighted by Gasteiger charge is -2.19. The summed E-state index contributed by atoms with van der Waals surface area (Å²) in [7, 11) is 1.88. The summed E-state index contributed by atoms with van der Waals surface area (Å²) in [4.78, 5) is 0. The lowest BCUT2D eigenvalue weighted by Crippen LogP contribution is -2.12. The third-order valence-electron chi connectivity index (χ3n) is 2.94. The molecule has 3 nitrogen and oxygen atoms in total. The van der Waals surface area contributed by atoms with E-state index in [9.17, 15) is 5.11 Å². The molecule has 0 aromatic carbocycles. The van der Waals surface area contributed by atoms with Crippen LogP contribution in [0.4, 0.5) is 0 Å². The minimum Gasteiger partial charge on any atom is -0.386 e. The zero-order valence-corrected chi connectivity index (χ0v) is 9.98. The Hall–Kier alpha value is -0.830. The molecule has 0 fully saturated rings. The Kier molecular flexibility index (Phi) is 4.82. The summed E-state index contributed by atoms with van der Waals surface area (Å²) in [5.74, 6) is 0.347. The molecule has 0 aliphatic heterocycles. The maximum absolute atomic E-state index is 10.1. The summed E-state index contributed by atoms with van der Waals surface area (Å²) in [6.45, 7) is 4.31. The molecule has 1 rings (SSSR count). The fourth-order valence-corrected chi connectivity index (χ4v) is 1.88. The molecule has 86 valence electrons. The summed E-state index contributed by atoms with van der Waals surface area (Å²) in [5, 5.41) is 14.4. The fourth-order valence-electron chi connectivity index (χ4n) is 1.88. The first kappa shape index (κ1) is 12.2. The first-order valence-electron chi connectivity index (χ1n) is 5.86. The van der Waals surface area contributed by atoms with Gasteiger partial charge in [0.15, 0.2) is 0 Å². The number of nitrogens with zero attached hydrogens (tertiary/aromatic N) is 2. The van der Waals surface area contributed by atoms with Crippen molar-refractivity contribution in [1.82, 2.24) is 9.78 Å². The van der Waals surface area contributed by atoms with Crippen molar-refractivity contribution in [3.8, 4) is 0 Å². The monoisotopic (exact) mass is 210 g/mol. The van der Waals surface area contributed by atoms with Crippen molar-refractivity contribution in [3.63, 3.8) is 0 Å². The number of hydrogen-bond acceptors (Lipinski definition) is 2. The van der Waals surface area contributed by atoms with Gasteiger partial charge < -0.3 is 5.11 Å². The molecule has 2 atom stereocenters. The van der Waals surface area contributed by atoms with Crippen LogP contribution >= 0.6 is 0 Å². The van der Waals surface area contributed by atoms with Gasteiger partial charge in [-0.3, -0.25) is 4.68 Å². The van der Waals surface area contributed by atoms with Crippen LogP contribution in [-0.2, 0) is 7.05 Å². The van der Waals surface area contributed by atoms with Gasteiger partial charge in [0.2, 0.25) is 0 Å². The quantitative estimate of drug-likeness (QED) is 0.784. The molecule has 1 aromatic rings. The van der Waals surface area contributed by atoms with Crippen molar-refractivity contribution >= 4 is 0 Å². The first-order valence-corrected chi connectivity index (χ1v) is 5.86. The smallest absolute Gasteiger partial charge is 0.101 e. The minimum atomic E-state index is -0.400. The van der Waals surface area contributed by atoms with Crippen LogP contribution < -0.4 is 0 Å². The Morgan fingerprint density at radius 3 is 2.67 bits per heavy atom.